The van der Waals surface area contributed by atoms with Crippen LogP contribution in [-0.2, 0) is 0 Å². The molecule has 0 saturated carbocycles. The Hall–Kier alpha value is -1.75. The van der Waals surface area contributed by atoms with Gasteiger partial charge in [0.05, 0.1) is 17.3 Å². The molecule has 0 aliphatic rings. The SMILES string of the molecule is CC/C(C#N)=C(/N)c1cc(C)ccc1C. The Balaban J connectivity index is 3.34. The molecule has 1 aromatic carbocycles. The van der Waals surface area contributed by atoms with E-state index in [2.05, 4.69) is 6.07 Å². The second-order valence-corrected chi connectivity index (χ2v) is 3.68. The summed E-state index contributed by atoms with van der Waals surface area (Å²) in [7, 11) is 0. The van der Waals surface area contributed by atoms with E-state index < -0.39 is 0 Å². The summed E-state index contributed by atoms with van der Waals surface area (Å²) < 4.78 is 0. The summed E-state index contributed by atoms with van der Waals surface area (Å²) in [6.45, 7) is 5.97. The first-order valence-electron chi connectivity index (χ1n) is 5.06. The van der Waals surface area contributed by atoms with E-state index in [0.29, 0.717) is 17.7 Å². The maximum absolute atomic E-state index is 8.93. The van der Waals surface area contributed by atoms with Crippen LogP contribution in [0.25, 0.3) is 5.70 Å². The summed E-state index contributed by atoms with van der Waals surface area (Å²) in [4.78, 5) is 0. The van der Waals surface area contributed by atoms with Crippen LogP contribution in [-0.4, -0.2) is 0 Å². The molecule has 2 nitrogen and oxygen atoms in total. The molecule has 2 heteroatoms. The maximum Gasteiger partial charge on any atom is 0.0968 e. The predicted molar refractivity (Wildman–Crippen MR) is 62.9 cm³/mol. The number of aryl methyl sites for hydroxylation is 2. The minimum atomic E-state index is 0.612. The first kappa shape index (κ1) is 11.3. The van der Waals surface area contributed by atoms with Gasteiger partial charge in [-0.25, -0.2) is 0 Å². The highest BCUT2D eigenvalue weighted by atomic mass is 14.6. The van der Waals surface area contributed by atoms with Crippen molar-refractivity contribution in [3.05, 3.63) is 40.5 Å². The smallest absolute Gasteiger partial charge is 0.0968 e. The topological polar surface area (TPSA) is 49.8 Å². The molecule has 0 heterocycles. The summed E-state index contributed by atoms with van der Waals surface area (Å²) in [6, 6.07) is 8.25. The van der Waals surface area contributed by atoms with Crippen molar-refractivity contribution in [2.24, 2.45) is 5.73 Å². The number of benzene rings is 1. The molecule has 0 fully saturated rings. The molecule has 0 aliphatic carbocycles. The minimum Gasteiger partial charge on any atom is -0.397 e. The van der Waals surface area contributed by atoms with E-state index in [1.54, 1.807) is 0 Å². The molecule has 0 saturated heterocycles. The third kappa shape index (κ3) is 2.38. The third-order valence-electron chi connectivity index (χ3n) is 2.50. The quantitative estimate of drug-likeness (QED) is 0.746. The highest BCUT2D eigenvalue weighted by Crippen LogP contribution is 2.20. The molecule has 1 aromatic rings. The molecule has 1 rings (SSSR count). The average Bonchev–Trinajstić information content (AvgIpc) is 2.23. The number of rotatable bonds is 2. The Morgan fingerprint density at radius 2 is 2.07 bits per heavy atom. The molecular weight excluding hydrogens is 184 g/mol. The fourth-order valence-corrected chi connectivity index (χ4v) is 1.52. The van der Waals surface area contributed by atoms with Crippen molar-refractivity contribution in [3.8, 4) is 6.07 Å². The van der Waals surface area contributed by atoms with Crippen LogP contribution in [0.4, 0.5) is 0 Å². The zero-order valence-electron chi connectivity index (χ0n) is 9.46. The zero-order valence-corrected chi connectivity index (χ0v) is 9.46. The monoisotopic (exact) mass is 200 g/mol. The fourth-order valence-electron chi connectivity index (χ4n) is 1.52. The number of nitrogens with zero attached hydrogens (tertiary/aromatic N) is 1. The normalized spacial score (nSPS) is 11.9. The van der Waals surface area contributed by atoms with Gasteiger partial charge >= 0.3 is 0 Å². The van der Waals surface area contributed by atoms with E-state index in [9.17, 15) is 0 Å². The Morgan fingerprint density at radius 1 is 1.40 bits per heavy atom. The fraction of sp³-hybridized carbons (Fsp3) is 0.308. The van der Waals surface area contributed by atoms with Crippen LogP contribution in [0, 0.1) is 25.2 Å². The van der Waals surface area contributed by atoms with Crippen molar-refractivity contribution in [2.75, 3.05) is 0 Å². The van der Waals surface area contributed by atoms with Crippen molar-refractivity contribution in [2.45, 2.75) is 27.2 Å². The highest BCUT2D eigenvalue weighted by Gasteiger charge is 2.06. The molecule has 0 atom stereocenters. The van der Waals surface area contributed by atoms with Crippen LogP contribution < -0.4 is 5.73 Å². The molecule has 0 amide bonds. The number of hydrogen-bond acceptors (Lipinski definition) is 2. The summed E-state index contributed by atoms with van der Waals surface area (Å²) >= 11 is 0. The summed E-state index contributed by atoms with van der Waals surface area (Å²) in [5.74, 6) is 0. The van der Waals surface area contributed by atoms with Crippen LogP contribution in [0.5, 0.6) is 0 Å². The van der Waals surface area contributed by atoms with Crippen LogP contribution in [0.2, 0.25) is 0 Å². The number of nitrogens with two attached hydrogens (primary N) is 1. The first-order valence-corrected chi connectivity index (χ1v) is 5.06. The molecule has 2 N–H and O–H groups in total. The predicted octanol–water partition coefficient (Wildman–Crippen LogP) is 2.91. The molecular formula is C13H16N2. The van der Waals surface area contributed by atoms with Crippen molar-refractivity contribution < 1.29 is 0 Å². The van der Waals surface area contributed by atoms with Crippen molar-refractivity contribution in [3.63, 3.8) is 0 Å². The van der Waals surface area contributed by atoms with Gasteiger partial charge in [-0.3, -0.25) is 0 Å². The standard InChI is InChI=1S/C13H16N2/c1-4-11(8-14)13(15)12-7-9(2)5-6-10(12)3/h5-7H,4,15H2,1-3H3/b13-11-. The van der Waals surface area contributed by atoms with Gasteiger partial charge in [0.1, 0.15) is 0 Å². The Bertz CT molecular complexity index is 436. The van der Waals surface area contributed by atoms with Gasteiger partial charge in [0.15, 0.2) is 0 Å². The van der Waals surface area contributed by atoms with E-state index in [4.69, 9.17) is 11.0 Å². The largest absolute Gasteiger partial charge is 0.397 e. The second-order valence-electron chi connectivity index (χ2n) is 3.68. The van der Waals surface area contributed by atoms with Crippen LogP contribution in [0.3, 0.4) is 0 Å². The van der Waals surface area contributed by atoms with Crippen molar-refractivity contribution in [1.82, 2.24) is 0 Å². The Kier molecular flexibility index (Phi) is 3.51. The van der Waals surface area contributed by atoms with Crippen LogP contribution in [0.15, 0.2) is 23.8 Å². The number of hydrogen-bond donors (Lipinski definition) is 1. The van der Waals surface area contributed by atoms with Crippen molar-refractivity contribution in [1.29, 1.82) is 5.26 Å². The Morgan fingerprint density at radius 3 is 2.60 bits per heavy atom. The molecule has 0 unspecified atom stereocenters. The maximum atomic E-state index is 8.93. The first-order chi connectivity index (χ1) is 7.10. The average molecular weight is 200 g/mol. The lowest BCUT2D eigenvalue weighted by molar-refractivity contribution is 1.14. The van der Waals surface area contributed by atoms with Gasteiger partial charge < -0.3 is 5.73 Å². The van der Waals surface area contributed by atoms with E-state index >= 15 is 0 Å². The molecule has 15 heavy (non-hydrogen) atoms. The van der Waals surface area contributed by atoms with E-state index in [1.807, 2.05) is 39.0 Å². The van der Waals surface area contributed by atoms with Gasteiger partial charge in [-0.05, 0) is 31.9 Å². The molecule has 0 radical (unpaired) electrons. The van der Waals surface area contributed by atoms with Gasteiger partial charge in [-0.1, -0.05) is 24.6 Å². The zero-order chi connectivity index (χ0) is 11.4. The van der Waals surface area contributed by atoms with Crippen molar-refractivity contribution >= 4 is 5.70 Å². The van der Waals surface area contributed by atoms with Crippen LogP contribution >= 0.6 is 0 Å². The van der Waals surface area contributed by atoms with E-state index in [1.165, 1.54) is 0 Å². The van der Waals surface area contributed by atoms with Gasteiger partial charge in [-0.2, -0.15) is 5.26 Å². The summed E-state index contributed by atoms with van der Waals surface area (Å²) in [5, 5.41) is 8.93. The summed E-state index contributed by atoms with van der Waals surface area (Å²) in [5.41, 5.74) is 10.5. The van der Waals surface area contributed by atoms with E-state index in [-0.39, 0.29) is 0 Å². The molecule has 78 valence electrons. The number of nitriles is 1. The second kappa shape index (κ2) is 4.65. The van der Waals surface area contributed by atoms with E-state index in [0.717, 1.165) is 16.7 Å². The molecule has 0 aliphatic heterocycles. The Labute approximate surface area is 91.0 Å². The lowest BCUT2D eigenvalue weighted by Crippen LogP contribution is -2.03. The van der Waals surface area contributed by atoms with Crippen LogP contribution in [0.1, 0.15) is 30.0 Å². The molecule has 0 bridgehead atoms. The highest BCUT2D eigenvalue weighted by molar-refractivity contribution is 5.71. The number of allylic oxidation sites excluding steroid dienone is 1. The molecule has 0 aromatic heterocycles. The third-order valence-corrected chi connectivity index (χ3v) is 2.50. The summed E-state index contributed by atoms with van der Waals surface area (Å²) in [6.07, 6.45) is 0.676. The van der Waals surface area contributed by atoms with Gasteiger partial charge in [0, 0.05) is 5.56 Å². The lowest BCUT2D eigenvalue weighted by Gasteiger charge is -2.09. The van der Waals surface area contributed by atoms with Gasteiger partial charge in [-0.15, -0.1) is 0 Å². The lowest BCUT2D eigenvalue weighted by atomic mass is 9.99. The molecule has 0 spiro atoms. The van der Waals surface area contributed by atoms with Gasteiger partial charge in [0.2, 0.25) is 0 Å². The minimum absolute atomic E-state index is 0.612. The van der Waals surface area contributed by atoms with Gasteiger partial charge in [0.25, 0.3) is 0 Å².